The van der Waals surface area contributed by atoms with Crippen LogP contribution in [-0.4, -0.2) is 31.6 Å². The van der Waals surface area contributed by atoms with Crippen molar-refractivity contribution in [1.29, 1.82) is 0 Å². The van der Waals surface area contributed by atoms with Gasteiger partial charge in [0.05, 0.1) is 6.54 Å². The van der Waals surface area contributed by atoms with Gasteiger partial charge < -0.3 is 21.1 Å². The van der Waals surface area contributed by atoms with Gasteiger partial charge in [0, 0.05) is 31.4 Å². The summed E-state index contributed by atoms with van der Waals surface area (Å²) >= 11 is 0. The van der Waals surface area contributed by atoms with Gasteiger partial charge in [-0.2, -0.15) is 0 Å². The topological polar surface area (TPSA) is 88.7 Å². The molecule has 1 aliphatic carbocycles. The van der Waals surface area contributed by atoms with E-state index in [-0.39, 0.29) is 35.8 Å². The van der Waals surface area contributed by atoms with Gasteiger partial charge in [0.1, 0.15) is 0 Å². The predicted molar refractivity (Wildman–Crippen MR) is 112 cm³/mol. The lowest BCUT2D eigenvalue weighted by Gasteiger charge is -2.24. The smallest absolute Gasteiger partial charge is 0.227 e. The number of ether oxygens (including phenoxy) is 1. The highest BCUT2D eigenvalue weighted by Crippen LogP contribution is 2.27. The van der Waals surface area contributed by atoms with Crippen molar-refractivity contribution in [1.82, 2.24) is 5.32 Å². The van der Waals surface area contributed by atoms with Crippen LogP contribution in [0.1, 0.15) is 38.2 Å². The van der Waals surface area contributed by atoms with Crippen LogP contribution in [0.25, 0.3) is 0 Å². The summed E-state index contributed by atoms with van der Waals surface area (Å²) in [4.78, 5) is 16.3. The Balaban J connectivity index is 0.00000312. The molecule has 7 heteroatoms. The van der Waals surface area contributed by atoms with Crippen LogP contribution in [0.2, 0.25) is 0 Å². The number of nitrogens with two attached hydrogens (primary N) is 1. The molecule has 0 aromatic heterocycles. The van der Waals surface area contributed by atoms with E-state index >= 15 is 0 Å². The first-order valence-electron chi connectivity index (χ1n) is 8.70. The maximum atomic E-state index is 12.0. The van der Waals surface area contributed by atoms with Gasteiger partial charge in [-0.1, -0.05) is 18.6 Å². The summed E-state index contributed by atoms with van der Waals surface area (Å²) < 4.78 is 5.26. The predicted octanol–water partition coefficient (Wildman–Crippen LogP) is 2.87. The number of benzene rings is 1. The molecule has 140 valence electrons. The number of nitrogens with zero attached hydrogens (tertiary/aromatic N) is 1. The van der Waals surface area contributed by atoms with E-state index in [4.69, 9.17) is 10.5 Å². The van der Waals surface area contributed by atoms with Crippen LogP contribution in [0.3, 0.4) is 0 Å². The van der Waals surface area contributed by atoms with Crippen molar-refractivity contribution in [3.05, 3.63) is 29.8 Å². The van der Waals surface area contributed by atoms with Crippen molar-refractivity contribution in [3.8, 4) is 0 Å². The Kier molecular flexibility index (Phi) is 10.5. The van der Waals surface area contributed by atoms with Gasteiger partial charge in [-0.15, -0.1) is 24.0 Å². The number of guanidine groups is 1. The zero-order chi connectivity index (χ0) is 17.2. The van der Waals surface area contributed by atoms with Gasteiger partial charge in [0.2, 0.25) is 5.91 Å². The highest BCUT2D eigenvalue weighted by atomic mass is 127. The van der Waals surface area contributed by atoms with Crippen LogP contribution in [0.5, 0.6) is 0 Å². The van der Waals surface area contributed by atoms with E-state index < -0.39 is 0 Å². The maximum absolute atomic E-state index is 12.0. The van der Waals surface area contributed by atoms with Crippen molar-refractivity contribution in [3.63, 3.8) is 0 Å². The molecule has 1 aromatic rings. The second-order valence-corrected chi connectivity index (χ2v) is 6.00. The molecule has 6 nitrogen and oxygen atoms in total. The van der Waals surface area contributed by atoms with Crippen LogP contribution in [0, 0.1) is 5.92 Å². The third kappa shape index (κ3) is 8.04. The molecule has 0 spiro atoms. The molecule has 1 amide bonds. The lowest BCUT2D eigenvalue weighted by molar-refractivity contribution is -0.122. The fourth-order valence-electron chi connectivity index (χ4n) is 2.43. The first kappa shape index (κ1) is 21.7. The molecule has 0 aliphatic heterocycles. The fourth-order valence-corrected chi connectivity index (χ4v) is 2.43. The van der Waals surface area contributed by atoms with Gasteiger partial charge >= 0.3 is 0 Å². The summed E-state index contributed by atoms with van der Waals surface area (Å²) in [5.74, 6) is 0.732. The fraction of sp³-hybridized carbons (Fsp3) is 0.556. The molecule has 4 N–H and O–H groups in total. The van der Waals surface area contributed by atoms with Crippen LogP contribution in [0.4, 0.5) is 5.69 Å². The summed E-state index contributed by atoms with van der Waals surface area (Å²) in [5.41, 5.74) is 7.69. The number of nitrogens with one attached hydrogen (secondary N) is 2. The molecule has 1 aromatic carbocycles. The number of amides is 1. The average molecular weight is 460 g/mol. The summed E-state index contributed by atoms with van der Waals surface area (Å²) in [6, 6.07) is 7.75. The van der Waals surface area contributed by atoms with E-state index in [1.165, 1.54) is 0 Å². The van der Waals surface area contributed by atoms with Crippen LogP contribution in [-0.2, 0) is 16.1 Å². The summed E-state index contributed by atoms with van der Waals surface area (Å²) in [5, 5.41) is 6.04. The molecular formula is C18H29IN4O2. The Bertz CT molecular complexity index is 562. The Labute approximate surface area is 167 Å². The lowest BCUT2D eigenvalue weighted by Crippen LogP contribution is -2.32. The summed E-state index contributed by atoms with van der Waals surface area (Å²) in [6.45, 7) is 4.66. The number of anilines is 1. The standard InChI is InChI=1S/C18H28N4O2.HI/c1-2-24-11-5-10-20-18(19)21-13-14-6-3-9-16(12-14)22-17(23)15-7-4-8-15;/h3,6,9,12,15H,2,4-5,7-8,10-11,13H2,1H3,(H,22,23)(H3,19,20,21);1H. The van der Waals surface area contributed by atoms with Crippen molar-refractivity contribution in [2.75, 3.05) is 25.1 Å². The molecule has 0 saturated heterocycles. The van der Waals surface area contributed by atoms with E-state index in [0.29, 0.717) is 12.5 Å². The van der Waals surface area contributed by atoms with E-state index in [1.54, 1.807) is 0 Å². The Morgan fingerprint density at radius 2 is 2.20 bits per heavy atom. The van der Waals surface area contributed by atoms with Gasteiger partial charge in [-0.25, -0.2) is 4.99 Å². The van der Waals surface area contributed by atoms with Gasteiger partial charge in [0.15, 0.2) is 5.96 Å². The molecule has 0 heterocycles. The highest BCUT2D eigenvalue weighted by molar-refractivity contribution is 14.0. The van der Waals surface area contributed by atoms with Gasteiger partial charge in [0.25, 0.3) is 0 Å². The second-order valence-electron chi connectivity index (χ2n) is 6.00. The minimum atomic E-state index is 0. The molecule has 0 atom stereocenters. The van der Waals surface area contributed by atoms with Crippen molar-refractivity contribution in [2.24, 2.45) is 16.6 Å². The Hall–Kier alpha value is -1.35. The molecule has 1 aliphatic rings. The number of hydrogen-bond acceptors (Lipinski definition) is 3. The number of hydrogen-bond donors (Lipinski definition) is 3. The Morgan fingerprint density at radius 3 is 2.88 bits per heavy atom. The normalized spacial score (nSPS) is 14.4. The molecule has 0 unspecified atom stereocenters. The van der Waals surface area contributed by atoms with Gasteiger partial charge in [-0.3, -0.25) is 4.79 Å². The molecule has 0 radical (unpaired) electrons. The second kappa shape index (κ2) is 12.1. The molecule has 1 saturated carbocycles. The minimum Gasteiger partial charge on any atom is -0.382 e. The number of carbonyl (C=O) groups excluding carboxylic acids is 1. The van der Waals surface area contributed by atoms with Crippen LogP contribution in [0.15, 0.2) is 29.3 Å². The third-order valence-corrected chi connectivity index (χ3v) is 4.08. The molecule has 25 heavy (non-hydrogen) atoms. The average Bonchev–Trinajstić information content (AvgIpc) is 2.51. The zero-order valence-corrected chi connectivity index (χ0v) is 17.1. The van der Waals surface area contributed by atoms with Crippen molar-refractivity contribution in [2.45, 2.75) is 39.2 Å². The third-order valence-electron chi connectivity index (χ3n) is 4.08. The van der Waals surface area contributed by atoms with Crippen molar-refractivity contribution >= 4 is 41.5 Å². The summed E-state index contributed by atoms with van der Waals surface area (Å²) in [7, 11) is 0. The monoisotopic (exact) mass is 460 g/mol. The molecule has 1 fully saturated rings. The number of aliphatic imine (C=N–C) groups is 1. The minimum absolute atomic E-state index is 0. The van der Waals surface area contributed by atoms with Crippen LogP contribution >= 0.6 is 24.0 Å². The lowest BCUT2D eigenvalue weighted by atomic mass is 9.85. The van der Waals surface area contributed by atoms with E-state index in [0.717, 1.165) is 56.7 Å². The number of halogens is 1. The Morgan fingerprint density at radius 1 is 1.40 bits per heavy atom. The summed E-state index contributed by atoms with van der Waals surface area (Å²) in [6.07, 6.45) is 4.05. The van der Waals surface area contributed by atoms with Gasteiger partial charge in [-0.05, 0) is 43.9 Å². The largest absolute Gasteiger partial charge is 0.382 e. The number of rotatable bonds is 9. The number of carbonyl (C=O) groups is 1. The molecule has 0 bridgehead atoms. The first-order chi connectivity index (χ1) is 11.7. The SMILES string of the molecule is CCOCCCNC(N)=NCc1cccc(NC(=O)C2CCC2)c1.I. The molecule has 2 rings (SSSR count). The quantitative estimate of drug-likeness (QED) is 0.229. The van der Waals surface area contributed by atoms with E-state index in [2.05, 4.69) is 15.6 Å². The van der Waals surface area contributed by atoms with E-state index in [9.17, 15) is 4.79 Å². The molecular weight excluding hydrogens is 431 g/mol. The van der Waals surface area contributed by atoms with Crippen LogP contribution < -0.4 is 16.4 Å². The highest BCUT2D eigenvalue weighted by Gasteiger charge is 2.25. The van der Waals surface area contributed by atoms with E-state index in [1.807, 2.05) is 31.2 Å². The maximum Gasteiger partial charge on any atom is 0.227 e. The zero-order valence-electron chi connectivity index (χ0n) is 14.8. The first-order valence-corrected chi connectivity index (χ1v) is 8.70. The van der Waals surface area contributed by atoms with Crippen molar-refractivity contribution < 1.29 is 9.53 Å².